The zero-order valence-corrected chi connectivity index (χ0v) is 10.4. The number of amides is 1. The minimum absolute atomic E-state index is 0.00571. The van der Waals surface area contributed by atoms with Gasteiger partial charge in [0.2, 0.25) is 5.91 Å². The van der Waals surface area contributed by atoms with Crippen LogP contribution >= 0.6 is 0 Å². The average Bonchev–Trinajstić information content (AvgIpc) is 2.83. The predicted octanol–water partition coefficient (Wildman–Crippen LogP) is 1.88. The van der Waals surface area contributed by atoms with Gasteiger partial charge in [0.15, 0.2) is 0 Å². The van der Waals surface area contributed by atoms with Crippen LogP contribution in [0.25, 0.3) is 10.9 Å². The summed E-state index contributed by atoms with van der Waals surface area (Å²) in [4.78, 5) is 11.8. The summed E-state index contributed by atoms with van der Waals surface area (Å²) in [5.41, 5.74) is 7.29. The number of benzene rings is 1. The van der Waals surface area contributed by atoms with Crippen molar-refractivity contribution in [2.45, 2.75) is 19.8 Å². The number of hydrogen-bond acceptors (Lipinski definition) is 3. The lowest BCUT2D eigenvalue weighted by atomic mass is 10.0. The van der Waals surface area contributed by atoms with Gasteiger partial charge in [-0.25, -0.2) is 0 Å². The normalized spacial score (nSPS) is 12.6. The van der Waals surface area contributed by atoms with E-state index in [0.29, 0.717) is 13.0 Å². The van der Waals surface area contributed by atoms with E-state index in [-0.39, 0.29) is 11.8 Å². The maximum absolute atomic E-state index is 11.8. The lowest BCUT2D eigenvalue weighted by Gasteiger charge is -2.11. The van der Waals surface area contributed by atoms with E-state index >= 15 is 0 Å². The highest BCUT2D eigenvalue weighted by Crippen LogP contribution is 2.17. The van der Waals surface area contributed by atoms with Crippen molar-refractivity contribution >= 4 is 22.5 Å². The number of fused-ring (bicyclic) bond motifs is 1. The Morgan fingerprint density at radius 3 is 3.11 bits per heavy atom. The molecule has 0 aliphatic carbocycles. The van der Waals surface area contributed by atoms with Crippen LogP contribution in [0.5, 0.6) is 0 Å². The smallest absolute Gasteiger partial charge is 0.224 e. The van der Waals surface area contributed by atoms with E-state index in [1.807, 2.05) is 25.1 Å². The monoisotopic (exact) mass is 246 g/mol. The molecule has 0 fully saturated rings. The van der Waals surface area contributed by atoms with Crippen molar-refractivity contribution in [3.63, 3.8) is 0 Å². The number of aromatic nitrogens is 2. The number of anilines is 1. The van der Waals surface area contributed by atoms with Crippen molar-refractivity contribution < 1.29 is 4.79 Å². The molecule has 96 valence electrons. The highest BCUT2D eigenvalue weighted by atomic mass is 16.1. The summed E-state index contributed by atoms with van der Waals surface area (Å²) in [7, 11) is 0. The quantitative estimate of drug-likeness (QED) is 0.753. The van der Waals surface area contributed by atoms with E-state index in [0.717, 1.165) is 23.0 Å². The van der Waals surface area contributed by atoms with E-state index < -0.39 is 0 Å². The molecule has 1 aromatic carbocycles. The van der Waals surface area contributed by atoms with Crippen molar-refractivity contribution in [3.8, 4) is 0 Å². The zero-order valence-electron chi connectivity index (χ0n) is 10.4. The molecule has 0 aliphatic rings. The molecule has 1 aromatic heterocycles. The minimum Gasteiger partial charge on any atom is -0.330 e. The summed E-state index contributed by atoms with van der Waals surface area (Å²) < 4.78 is 0. The standard InChI is InChI=1S/C13H18N4O/c1-2-9(7-14)5-13(18)16-11-4-3-10-8-15-17-12(10)6-11/h3-4,6,8-9H,2,5,7,14H2,1H3,(H,15,17)(H,16,18). The van der Waals surface area contributed by atoms with Crippen LogP contribution in [0.4, 0.5) is 5.69 Å². The number of carbonyl (C=O) groups is 1. The molecule has 1 heterocycles. The Morgan fingerprint density at radius 2 is 2.39 bits per heavy atom. The first-order valence-corrected chi connectivity index (χ1v) is 6.16. The van der Waals surface area contributed by atoms with Crippen molar-refractivity contribution in [3.05, 3.63) is 24.4 Å². The third kappa shape index (κ3) is 2.87. The molecule has 4 N–H and O–H groups in total. The molecule has 5 heteroatoms. The second-order valence-corrected chi connectivity index (χ2v) is 4.43. The van der Waals surface area contributed by atoms with Crippen molar-refractivity contribution in [1.29, 1.82) is 0 Å². The van der Waals surface area contributed by atoms with Gasteiger partial charge in [-0.3, -0.25) is 9.89 Å². The lowest BCUT2D eigenvalue weighted by Crippen LogP contribution is -2.21. The number of carbonyl (C=O) groups excluding carboxylic acids is 1. The highest BCUT2D eigenvalue weighted by molar-refractivity contribution is 5.93. The molecule has 0 bridgehead atoms. The number of nitrogens with zero attached hydrogens (tertiary/aromatic N) is 1. The van der Waals surface area contributed by atoms with E-state index in [1.54, 1.807) is 6.20 Å². The minimum atomic E-state index is 0.00571. The van der Waals surface area contributed by atoms with E-state index in [1.165, 1.54) is 0 Å². The maximum atomic E-state index is 11.8. The number of hydrogen-bond donors (Lipinski definition) is 3. The van der Waals surface area contributed by atoms with Gasteiger partial charge in [-0.15, -0.1) is 0 Å². The Bertz CT molecular complexity index is 531. The fraction of sp³-hybridized carbons (Fsp3) is 0.385. The van der Waals surface area contributed by atoms with Gasteiger partial charge >= 0.3 is 0 Å². The Labute approximate surface area is 106 Å². The van der Waals surface area contributed by atoms with Crippen molar-refractivity contribution in [1.82, 2.24) is 10.2 Å². The van der Waals surface area contributed by atoms with Gasteiger partial charge < -0.3 is 11.1 Å². The van der Waals surface area contributed by atoms with E-state index in [2.05, 4.69) is 15.5 Å². The molecule has 18 heavy (non-hydrogen) atoms. The molecule has 1 amide bonds. The maximum Gasteiger partial charge on any atom is 0.224 e. The Hall–Kier alpha value is -1.88. The molecule has 2 aromatic rings. The number of aromatic amines is 1. The van der Waals surface area contributed by atoms with E-state index in [4.69, 9.17) is 5.73 Å². The van der Waals surface area contributed by atoms with Crippen molar-refractivity contribution in [2.24, 2.45) is 11.7 Å². The summed E-state index contributed by atoms with van der Waals surface area (Å²) in [6, 6.07) is 5.68. The summed E-state index contributed by atoms with van der Waals surface area (Å²) >= 11 is 0. The topological polar surface area (TPSA) is 83.8 Å². The van der Waals surface area contributed by atoms with Gasteiger partial charge in [-0.2, -0.15) is 5.10 Å². The van der Waals surface area contributed by atoms with Gasteiger partial charge in [0.1, 0.15) is 0 Å². The number of rotatable bonds is 5. The molecule has 1 atom stereocenters. The summed E-state index contributed by atoms with van der Waals surface area (Å²) in [5.74, 6) is 0.257. The number of nitrogens with two attached hydrogens (primary N) is 1. The van der Waals surface area contributed by atoms with Crippen LogP contribution in [0.3, 0.4) is 0 Å². The van der Waals surface area contributed by atoms with Crippen LogP contribution in [0.1, 0.15) is 19.8 Å². The van der Waals surface area contributed by atoms with Crippen LogP contribution in [-0.4, -0.2) is 22.6 Å². The molecule has 1 unspecified atom stereocenters. The van der Waals surface area contributed by atoms with Crippen LogP contribution < -0.4 is 11.1 Å². The largest absolute Gasteiger partial charge is 0.330 e. The SMILES string of the molecule is CCC(CN)CC(=O)Nc1ccc2cn[nH]c2c1. The first kappa shape index (κ1) is 12.6. The van der Waals surface area contributed by atoms with Gasteiger partial charge in [0.25, 0.3) is 0 Å². The molecular formula is C13H18N4O. The molecule has 0 saturated heterocycles. The summed E-state index contributed by atoms with van der Waals surface area (Å²) in [6.45, 7) is 2.59. The summed E-state index contributed by atoms with van der Waals surface area (Å²) in [6.07, 6.45) is 3.14. The van der Waals surface area contributed by atoms with Crippen LogP contribution in [0, 0.1) is 5.92 Å². The van der Waals surface area contributed by atoms with Crippen LogP contribution in [-0.2, 0) is 4.79 Å². The zero-order chi connectivity index (χ0) is 13.0. The Kier molecular flexibility index (Phi) is 3.94. The Morgan fingerprint density at radius 1 is 1.56 bits per heavy atom. The van der Waals surface area contributed by atoms with Crippen molar-refractivity contribution in [2.75, 3.05) is 11.9 Å². The highest BCUT2D eigenvalue weighted by Gasteiger charge is 2.10. The predicted molar refractivity (Wildman–Crippen MR) is 72.2 cm³/mol. The Balaban J connectivity index is 2.01. The van der Waals surface area contributed by atoms with Gasteiger partial charge in [0.05, 0.1) is 11.7 Å². The fourth-order valence-corrected chi connectivity index (χ4v) is 1.88. The summed E-state index contributed by atoms with van der Waals surface area (Å²) in [5, 5.41) is 10.7. The number of nitrogens with one attached hydrogen (secondary N) is 2. The lowest BCUT2D eigenvalue weighted by molar-refractivity contribution is -0.117. The van der Waals surface area contributed by atoms with Gasteiger partial charge in [0, 0.05) is 17.5 Å². The fourth-order valence-electron chi connectivity index (χ4n) is 1.88. The second-order valence-electron chi connectivity index (χ2n) is 4.43. The number of H-pyrrole nitrogens is 1. The third-order valence-corrected chi connectivity index (χ3v) is 3.11. The van der Waals surface area contributed by atoms with Crippen LogP contribution in [0.2, 0.25) is 0 Å². The van der Waals surface area contributed by atoms with E-state index in [9.17, 15) is 4.79 Å². The van der Waals surface area contributed by atoms with Gasteiger partial charge in [-0.05, 0) is 30.7 Å². The second kappa shape index (κ2) is 5.64. The van der Waals surface area contributed by atoms with Crippen LogP contribution in [0.15, 0.2) is 24.4 Å². The van der Waals surface area contributed by atoms with Gasteiger partial charge in [-0.1, -0.05) is 13.3 Å². The molecular weight excluding hydrogens is 228 g/mol. The molecule has 0 saturated carbocycles. The first-order chi connectivity index (χ1) is 8.72. The first-order valence-electron chi connectivity index (χ1n) is 6.16. The molecule has 0 spiro atoms. The average molecular weight is 246 g/mol. The third-order valence-electron chi connectivity index (χ3n) is 3.11. The molecule has 2 rings (SSSR count). The molecule has 0 aliphatic heterocycles. The molecule has 5 nitrogen and oxygen atoms in total. The molecule has 0 radical (unpaired) electrons.